The maximum Gasteiger partial charge on any atom is 0.327 e. The molecule has 1 fully saturated rings. The molecule has 1 saturated heterocycles. The number of aliphatic carboxylic acids is 1. The summed E-state index contributed by atoms with van der Waals surface area (Å²) in [4.78, 5) is 36.0. The van der Waals surface area contributed by atoms with Gasteiger partial charge >= 0.3 is 11.9 Å². The van der Waals surface area contributed by atoms with Gasteiger partial charge in [-0.25, -0.2) is 4.79 Å². The average Bonchev–Trinajstić information content (AvgIpc) is 3.03. The first kappa shape index (κ1) is 34.1. The standard InChI is InChI=1S/C34H39NO9S/c1-23(36)35-28(33(38)39)22-45-34-32(43-24(2)37)31(42-20-27-16-10-5-11-17-27)30(41-19-26-14-8-4-9-15-26)29(44-34)21-40-18-25-12-6-3-7-13-25/h3-17,28-32,34H,18-22H2,1-2H3,(H,35,36)(H,38,39)/t28-,29+,30+,31-,32+,34-/m0/s1. The van der Waals surface area contributed by atoms with Crippen molar-refractivity contribution in [1.82, 2.24) is 5.32 Å². The van der Waals surface area contributed by atoms with E-state index in [1.54, 1.807) is 0 Å². The molecule has 240 valence electrons. The summed E-state index contributed by atoms with van der Waals surface area (Å²) < 4.78 is 31.4. The number of amides is 1. The molecule has 1 amide bonds. The minimum absolute atomic E-state index is 0.0458. The molecule has 0 aliphatic carbocycles. The summed E-state index contributed by atoms with van der Waals surface area (Å²) in [5, 5.41) is 12.1. The number of hydrogen-bond acceptors (Lipinski definition) is 9. The van der Waals surface area contributed by atoms with Crippen molar-refractivity contribution in [3.63, 3.8) is 0 Å². The first-order valence-corrected chi connectivity index (χ1v) is 15.7. The summed E-state index contributed by atoms with van der Waals surface area (Å²) in [5.41, 5.74) is 1.97. The van der Waals surface area contributed by atoms with E-state index in [0.29, 0.717) is 6.61 Å². The molecule has 3 aromatic carbocycles. The molecule has 6 atom stereocenters. The number of carbonyl (C=O) groups excluding carboxylic acids is 2. The van der Waals surface area contributed by atoms with Crippen LogP contribution in [-0.4, -0.2) is 71.2 Å². The van der Waals surface area contributed by atoms with Crippen molar-refractivity contribution in [3.8, 4) is 0 Å². The molecule has 0 spiro atoms. The smallest absolute Gasteiger partial charge is 0.327 e. The second kappa shape index (κ2) is 17.7. The van der Waals surface area contributed by atoms with Crippen LogP contribution in [0.2, 0.25) is 0 Å². The quantitative estimate of drug-likeness (QED) is 0.219. The van der Waals surface area contributed by atoms with Crippen LogP contribution in [0.1, 0.15) is 30.5 Å². The number of carboxylic acids is 1. The lowest BCUT2D eigenvalue weighted by Gasteiger charge is -2.45. The zero-order valence-corrected chi connectivity index (χ0v) is 26.1. The summed E-state index contributed by atoms with van der Waals surface area (Å²) >= 11 is 1.12. The van der Waals surface area contributed by atoms with Gasteiger partial charge in [-0.3, -0.25) is 9.59 Å². The van der Waals surface area contributed by atoms with Crippen molar-refractivity contribution in [2.75, 3.05) is 12.4 Å². The number of nitrogens with one attached hydrogen (secondary N) is 1. The van der Waals surface area contributed by atoms with Crippen molar-refractivity contribution in [2.24, 2.45) is 0 Å². The molecule has 3 aromatic rings. The predicted molar refractivity (Wildman–Crippen MR) is 168 cm³/mol. The molecule has 0 aromatic heterocycles. The molecule has 45 heavy (non-hydrogen) atoms. The van der Waals surface area contributed by atoms with Gasteiger partial charge in [0, 0.05) is 19.6 Å². The van der Waals surface area contributed by atoms with Crippen molar-refractivity contribution in [3.05, 3.63) is 108 Å². The van der Waals surface area contributed by atoms with Crippen LogP contribution in [-0.2, 0) is 57.9 Å². The molecule has 2 N–H and O–H groups in total. The maximum absolute atomic E-state index is 12.4. The van der Waals surface area contributed by atoms with Gasteiger partial charge in [0.25, 0.3) is 0 Å². The average molecular weight is 638 g/mol. The monoisotopic (exact) mass is 637 g/mol. The lowest BCUT2D eigenvalue weighted by molar-refractivity contribution is -0.249. The van der Waals surface area contributed by atoms with Gasteiger partial charge in [-0.2, -0.15) is 0 Å². The minimum Gasteiger partial charge on any atom is -0.480 e. The molecule has 1 aliphatic heterocycles. The van der Waals surface area contributed by atoms with Crippen molar-refractivity contribution in [1.29, 1.82) is 0 Å². The fraction of sp³-hybridized carbons (Fsp3) is 0.382. The third-order valence-electron chi connectivity index (χ3n) is 6.96. The highest BCUT2D eigenvalue weighted by Gasteiger charge is 2.50. The molecule has 1 aliphatic rings. The van der Waals surface area contributed by atoms with E-state index in [-0.39, 0.29) is 25.6 Å². The number of rotatable bonds is 16. The van der Waals surface area contributed by atoms with Crippen molar-refractivity contribution < 1.29 is 43.2 Å². The Kier molecular flexibility index (Phi) is 13.4. The van der Waals surface area contributed by atoms with E-state index < -0.39 is 53.7 Å². The number of hydrogen-bond donors (Lipinski definition) is 2. The Hall–Kier alpha value is -3.74. The third-order valence-corrected chi connectivity index (χ3v) is 8.19. The fourth-order valence-electron chi connectivity index (χ4n) is 4.87. The van der Waals surface area contributed by atoms with E-state index in [9.17, 15) is 19.5 Å². The minimum atomic E-state index is -1.19. The van der Waals surface area contributed by atoms with Gasteiger partial charge < -0.3 is 34.1 Å². The molecule has 0 unspecified atom stereocenters. The molecule has 4 rings (SSSR count). The Morgan fingerprint density at radius 3 is 1.78 bits per heavy atom. The van der Waals surface area contributed by atoms with E-state index in [0.717, 1.165) is 28.5 Å². The Bertz CT molecular complexity index is 1350. The van der Waals surface area contributed by atoms with Gasteiger partial charge in [-0.05, 0) is 16.7 Å². The highest BCUT2D eigenvalue weighted by molar-refractivity contribution is 7.99. The number of esters is 1. The van der Waals surface area contributed by atoms with Crippen LogP contribution < -0.4 is 5.32 Å². The van der Waals surface area contributed by atoms with Gasteiger partial charge in [0.15, 0.2) is 6.10 Å². The summed E-state index contributed by atoms with van der Waals surface area (Å²) in [7, 11) is 0. The molecule has 0 radical (unpaired) electrons. The third kappa shape index (κ3) is 11.0. The van der Waals surface area contributed by atoms with Crippen LogP contribution in [0.3, 0.4) is 0 Å². The Balaban J connectivity index is 1.63. The Morgan fingerprint density at radius 1 is 0.778 bits per heavy atom. The molecular formula is C34H39NO9S. The molecular weight excluding hydrogens is 598 g/mol. The zero-order valence-electron chi connectivity index (χ0n) is 25.3. The van der Waals surface area contributed by atoms with Gasteiger partial charge in [0.05, 0.1) is 26.4 Å². The molecule has 0 saturated carbocycles. The highest BCUT2D eigenvalue weighted by atomic mass is 32.2. The van der Waals surface area contributed by atoms with Crippen LogP contribution in [0, 0.1) is 0 Å². The Labute approximate surface area is 267 Å². The number of thioether (sulfide) groups is 1. The number of benzene rings is 3. The van der Waals surface area contributed by atoms with Crippen LogP contribution in [0.15, 0.2) is 91.0 Å². The topological polar surface area (TPSA) is 130 Å². The Morgan fingerprint density at radius 2 is 1.29 bits per heavy atom. The second-order valence-electron chi connectivity index (χ2n) is 10.6. The fourth-order valence-corrected chi connectivity index (χ4v) is 6.10. The van der Waals surface area contributed by atoms with Gasteiger partial charge in [-0.1, -0.05) is 91.0 Å². The number of carbonyl (C=O) groups is 3. The van der Waals surface area contributed by atoms with Crippen LogP contribution >= 0.6 is 11.8 Å². The van der Waals surface area contributed by atoms with Crippen LogP contribution in [0.5, 0.6) is 0 Å². The summed E-state index contributed by atoms with van der Waals surface area (Å²) in [6, 6.07) is 27.7. The van der Waals surface area contributed by atoms with Crippen molar-refractivity contribution >= 4 is 29.6 Å². The SMILES string of the molecule is CC(=O)N[C@@H](CS[C@@H]1O[C@H](COCc2ccccc2)[C@@H](OCc2ccccc2)[C@H](OCc2ccccc2)[C@H]1OC(C)=O)C(=O)O. The first-order valence-electron chi connectivity index (χ1n) is 14.7. The van der Waals surface area contributed by atoms with E-state index in [2.05, 4.69) is 5.32 Å². The molecule has 0 bridgehead atoms. The van der Waals surface area contributed by atoms with Gasteiger partial charge in [-0.15, -0.1) is 11.8 Å². The highest BCUT2D eigenvalue weighted by Crippen LogP contribution is 2.35. The van der Waals surface area contributed by atoms with Crippen molar-refractivity contribution in [2.45, 2.75) is 69.6 Å². The largest absolute Gasteiger partial charge is 0.480 e. The van der Waals surface area contributed by atoms with E-state index in [1.807, 2.05) is 91.0 Å². The van der Waals surface area contributed by atoms with Gasteiger partial charge in [0.1, 0.15) is 29.8 Å². The first-order chi connectivity index (χ1) is 21.8. The molecule has 1 heterocycles. The number of carboxylic acid groups (broad SMARTS) is 1. The maximum atomic E-state index is 12.4. The van der Waals surface area contributed by atoms with Crippen LogP contribution in [0.4, 0.5) is 0 Å². The second-order valence-corrected chi connectivity index (χ2v) is 11.7. The number of ether oxygens (including phenoxy) is 5. The molecule has 10 nitrogen and oxygen atoms in total. The summed E-state index contributed by atoms with van der Waals surface area (Å²) in [6.07, 6.45) is -3.17. The van der Waals surface area contributed by atoms with Crippen LogP contribution in [0.25, 0.3) is 0 Å². The van der Waals surface area contributed by atoms with E-state index >= 15 is 0 Å². The summed E-state index contributed by atoms with van der Waals surface area (Å²) in [5.74, 6) is -2.27. The lowest BCUT2D eigenvalue weighted by atomic mass is 9.99. The lowest BCUT2D eigenvalue weighted by Crippen LogP contribution is -2.61. The molecule has 11 heteroatoms. The van der Waals surface area contributed by atoms with Gasteiger partial charge in [0.2, 0.25) is 5.91 Å². The van der Waals surface area contributed by atoms with E-state index in [4.69, 9.17) is 23.7 Å². The summed E-state index contributed by atoms with van der Waals surface area (Å²) in [6.45, 7) is 3.44. The predicted octanol–water partition coefficient (Wildman–Crippen LogP) is 4.35. The normalized spacial score (nSPS) is 21.9. The zero-order chi connectivity index (χ0) is 32.0. The van der Waals surface area contributed by atoms with E-state index in [1.165, 1.54) is 13.8 Å².